The first-order chi connectivity index (χ1) is 8.94. The highest BCUT2D eigenvalue weighted by molar-refractivity contribution is 9.11. The molecule has 2 N–H and O–H groups in total. The second kappa shape index (κ2) is 5.58. The van der Waals surface area contributed by atoms with E-state index < -0.39 is 10.0 Å². The zero-order valence-corrected chi connectivity index (χ0v) is 13.1. The maximum Gasteiger partial charge on any atom is 0.263 e. The van der Waals surface area contributed by atoms with Gasteiger partial charge in [0.05, 0.1) is 21.8 Å². The van der Waals surface area contributed by atoms with E-state index >= 15 is 0 Å². The normalized spacial score (nSPS) is 11.5. The van der Waals surface area contributed by atoms with Gasteiger partial charge >= 0.3 is 0 Å². The number of aromatic nitrogens is 1. The molecule has 0 amide bonds. The van der Waals surface area contributed by atoms with Gasteiger partial charge in [0.1, 0.15) is 4.90 Å². The van der Waals surface area contributed by atoms with Gasteiger partial charge in [-0.3, -0.25) is 9.71 Å². The Bertz CT molecular complexity index is 698. The molecule has 0 saturated heterocycles. The second-order valence-corrected chi connectivity index (χ2v) is 7.86. The lowest BCUT2D eigenvalue weighted by Gasteiger charge is -2.08. The molecule has 0 saturated carbocycles. The Hall–Kier alpha value is -0.960. The van der Waals surface area contributed by atoms with Crippen LogP contribution < -0.4 is 4.72 Å². The maximum absolute atomic E-state index is 12.3. The predicted octanol–water partition coefficient (Wildman–Crippen LogP) is 2.51. The maximum atomic E-state index is 12.3. The first-order valence-electron chi connectivity index (χ1n) is 5.27. The third-order valence-corrected chi connectivity index (χ3v) is 6.01. The van der Waals surface area contributed by atoms with E-state index in [2.05, 4.69) is 25.6 Å². The molecule has 0 aliphatic rings. The van der Waals surface area contributed by atoms with Crippen molar-refractivity contribution in [3.05, 3.63) is 38.8 Å². The average Bonchev–Trinajstić information content (AvgIpc) is 2.74. The lowest BCUT2D eigenvalue weighted by atomic mass is 10.3. The number of aryl methyl sites for hydroxylation is 1. The number of pyridine rings is 1. The molecule has 2 heterocycles. The van der Waals surface area contributed by atoms with Gasteiger partial charge in [-0.1, -0.05) is 0 Å². The molecular formula is C11H11BrN2O3S2. The largest absolute Gasteiger partial charge is 0.391 e. The molecule has 102 valence electrons. The lowest BCUT2D eigenvalue weighted by Crippen LogP contribution is -2.13. The van der Waals surface area contributed by atoms with E-state index in [9.17, 15) is 8.42 Å². The van der Waals surface area contributed by atoms with E-state index in [4.69, 9.17) is 5.11 Å². The summed E-state index contributed by atoms with van der Waals surface area (Å²) in [4.78, 5) is 4.72. The number of aliphatic hydroxyl groups excluding tert-OH is 1. The molecule has 0 aromatic carbocycles. The number of aliphatic hydroxyl groups is 1. The van der Waals surface area contributed by atoms with Crippen LogP contribution in [0.2, 0.25) is 0 Å². The Kier molecular flexibility index (Phi) is 4.24. The molecule has 5 nitrogen and oxygen atoms in total. The number of nitrogens with one attached hydrogen (secondary N) is 1. The van der Waals surface area contributed by atoms with Crippen LogP contribution in [0.3, 0.4) is 0 Å². The number of thiophene rings is 1. The lowest BCUT2D eigenvalue weighted by molar-refractivity contribution is 0.285. The van der Waals surface area contributed by atoms with Crippen LogP contribution in [-0.2, 0) is 16.6 Å². The average molecular weight is 363 g/mol. The minimum atomic E-state index is -3.69. The van der Waals surface area contributed by atoms with Crippen LogP contribution >= 0.6 is 27.3 Å². The fourth-order valence-corrected chi connectivity index (χ4v) is 5.11. The van der Waals surface area contributed by atoms with Gasteiger partial charge in [-0.05, 0) is 41.1 Å². The summed E-state index contributed by atoms with van der Waals surface area (Å²) in [7, 11) is -3.69. The predicted molar refractivity (Wildman–Crippen MR) is 77.7 cm³/mol. The monoisotopic (exact) mass is 362 g/mol. The number of anilines is 1. The minimum absolute atomic E-state index is 0.116. The molecule has 0 bridgehead atoms. The molecule has 0 aliphatic heterocycles. The van der Waals surface area contributed by atoms with E-state index in [1.54, 1.807) is 25.3 Å². The number of sulfonamides is 1. The fourth-order valence-electron chi connectivity index (χ4n) is 1.45. The summed E-state index contributed by atoms with van der Waals surface area (Å²) < 4.78 is 27.5. The molecule has 2 rings (SSSR count). The Balaban J connectivity index is 2.38. The third-order valence-electron chi connectivity index (χ3n) is 2.40. The van der Waals surface area contributed by atoms with Crippen molar-refractivity contribution in [2.75, 3.05) is 4.72 Å². The number of hydrogen-bond donors (Lipinski definition) is 2. The van der Waals surface area contributed by atoms with Crippen molar-refractivity contribution in [1.29, 1.82) is 0 Å². The summed E-state index contributed by atoms with van der Waals surface area (Å²) in [5, 5.41) is 9.04. The molecule has 0 aliphatic carbocycles. The molecule has 0 atom stereocenters. The molecule has 0 fully saturated rings. The topological polar surface area (TPSA) is 79.3 Å². The van der Waals surface area contributed by atoms with Crippen LogP contribution in [0.25, 0.3) is 0 Å². The van der Waals surface area contributed by atoms with Gasteiger partial charge in [0.15, 0.2) is 0 Å². The standard InChI is InChI=1S/C11H11BrN2O3S2/c1-7-9(3-2-4-13-7)14-19(16,17)10-5-8(6-15)18-11(10)12/h2-5,14-15H,6H2,1H3. The SMILES string of the molecule is Cc1ncccc1NS(=O)(=O)c1cc(CO)sc1Br. The van der Waals surface area contributed by atoms with Crippen molar-refractivity contribution >= 4 is 43.0 Å². The molecule has 0 spiro atoms. The molecule has 2 aromatic rings. The van der Waals surface area contributed by atoms with Gasteiger partial charge in [0, 0.05) is 11.1 Å². The number of hydrogen-bond acceptors (Lipinski definition) is 5. The van der Waals surface area contributed by atoms with E-state index in [-0.39, 0.29) is 11.5 Å². The van der Waals surface area contributed by atoms with Gasteiger partial charge < -0.3 is 5.11 Å². The van der Waals surface area contributed by atoms with E-state index in [0.717, 1.165) is 0 Å². The molecule has 2 aromatic heterocycles. The summed E-state index contributed by atoms with van der Waals surface area (Å²) in [5.74, 6) is 0. The molecule has 19 heavy (non-hydrogen) atoms. The van der Waals surface area contributed by atoms with Gasteiger partial charge in [-0.25, -0.2) is 8.42 Å². The van der Waals surface area contributed by atoms with Crippen LogP contribution in [0.1, 0.15) is 10.6 Å². The number of nitrogens with zero attached hydrogens (tertiary/aromatic N) is 1. The van der Waals surface area contributed by atoms with Crippen molar-refractivity contribution in [3.8, 4) is 0 Å². The third kappa shape index (κ3) is 3.14. The Labute approximate surface area is 123 Å². The van der Waals surface area contributed by atoms with Crippen molar-refractivity contribution in [2.45, 2.75) is 18.4 Å². The summed E-state index contributed by atoms with van der Waals surface area (Å²) in [6.07, 6.45) is 1.59. The van der Waals surface area contributed by atoms with Crippen molar-refractivity contribution < 1.29 is 13.5 Å². The summed E-state index contributed by atoms with van der Waals surface area (Å²) in [6, 6.07) is 4.75. The first-order valence-corrected chi connectivity index (χ1v) is 8.37. The van der Waals surface area contributed by atoms with E-state index in [0.29, 0.717) is 20.0 Å². The Morgan fingerprint density at radius 2 is 2.26 bits per heavy atom. The van der Waals surface area contributed by atoms with E-state index in [1.807, 2.05) is 0 Å². The van der Waals surface area contributed by atoms with Crippen molar-refractivity contribution in [2.24, 2.45) is 0 Å². The van der Waals surface area contributed by atoms with Crippen LogP contribution in [0.15, 0.2) is 33.1 Å². The minimum Gasteiger partial charge on any atom is -0.391 e. The highest BCUT2D eigenvalue weighted by atomic mass is 79.9. The first kappa shape index (κ1) is 14.4. The van der Waals surface area contributed by atoms with Crippen LogP contribution in [0.5, 0.6) is 0 Å². The zero-order valence-electron chi connectivity index (χ0n) is 9.92. The van der Waals surface area contributed by atoms with Gasteiger partial charge in [0.25, 0.3) is 10.0 Å². The Morgan fingerprint density at radius 3 is 2.84 bits per heavy atom. The molecule has 0 radical (unpaired) electrons. The second-order valence-electron chi connectivity index (χ2n) is 3.75. The quantitative estimate of drug-likeness (QED) is 0.875. The van der Waals surface area contributed by atoms with Crippen LogP contribution in [-0.4, -0.2) is 18.5 Å². The fraction of sp³-hybridized carbons (Fsp3) is 0.182. The summed E-state index contributed by atoms with van der Waals surface area (Å²) >= 11 is 4.39. The number of halogens is 1. The Morgan fingerprint density at radius 1 is 1.53 bits per heavy atom. The highest BCUT2D eigenvalue weighted by Gasteiger charge is 2.21. The zero-order chi connectivity index (χ0) is 14.0. The summed E-state index contributed by atoms with van der Waals surface area (Å²) in [6.45, 7) is 1.53. The number of rotatable bonds is 4. The van der Waals surface area contributed by atoms with Crippen molar-refractivity contribution in [1.82, 2.24) is 4.98 Å². The molecule has 8 heteroatoms. The summed E-state index contributed by atoms with van der Waals surface area (Å²) in [5.41, 5.74) is 1.03. The van der Waals surface area contributed by atoms with Crippen LogP contribution in [0.4, 0.5) is 5.69 Å². The van der Waals surface area contributed by atoms with Gasteiger partial charge in [-0.2, -0.15) is 0 Å². The highest BCUT2D eigenvalue weighted by Crippen LogP contribution is 2.33. The van der Waals surface area contributed by atoms with Crippen LogP contribution in [0, 0.1) is 6.92 Å². The van der Waals surface area contributed by atoms with Gasteiger partial charge in [-0.15, -0.1) is 11.3 Å². The molecule has 0 unspecified atom stereocenters. The van der Waals surface area contributed by atoms with Crippen molar-refractivity contribution in [3.63, 3.8) is 0 Å². The smallest absolute Gasteiger partial charge is 0.263 e. The van der Waals surface area contributed by atoms with Gasteiger partial charge in [0.2, 0.25) is 0 Å². The molecular weight excluding hydrogens is 352 g/mol. The van der Waals surface area contributed by atoms with E-state index in [1.165, 1.54) is 17.4 Å².